The Balaban J connectivity index is 2.19. The Labute approximate surface area is 136 Å². The van der Waals surface area contributed by atoms with Crippen molar-refractivity contribution in [3.63, 3.8) is 0 Å². The molecule has 1 aromatic heterocycles. The fraction of sp³-hybridized carbons (Fsp3) is 0.333. The van der Waals surface area contributed by atoms with E-state index in [1.165, 1.54) is 10.4 Å². The summed E-state index contributed by atoms with van der Waals surface area (Å²) in [7, 11) is 0. The molecule has 0 nitrogen and oxygen atoms in total. The van der Waals surface area contributed by atoms with Gasteiger partial charge in [-0.15, -0.1) is 34.5 Å². The lowest BCUT2D eigenvalue weighted by atomic mass is 9.80. The van der Waals surface area contributed by atoms with Gasteiger partial charge in [-0.05, 0) is 42.0 Å². The smallest absolute Gasteiger partial charge is 0.0332 e. The third-order valence-corrected chi connectivity index (χ3v) is 5.89. The molecule has 0 bridgehead atoms. The summed E-state index contributed by atoms with van der Waals surface area (Å²) in [5.41, 5.74) is 1.07. The molecule has 0 aliphatic rings. The molecule has 2 rings (SSSR count). The van der Waals surface area contributed by atoms with Crippen LogP contribution >= 0.6 is 50.5 Å². The second-order valence-corrected chi connectivity index (χ2v) is 7.12. The molecule has 0 atom stereocenters. The van der Waals surface area contributed by atoms with Gasteiger partial charge in [0.15, 0.2) is 0 Å². The van der Waals surface area contributed by atoms with Gasteiger partial charge in [0, 0.05) is 26.5 Å². The molecule has 4 heteroatoms. The molecule has 102 valence electrons. The van der Waals surface area contributed by atoms with Crippen molar-refractivity contribution in [3.8, 4) is 0 Å². The van der Waals surface area contributed by atoms with Crippen LogP contribution in [0.2, 0.25) is 0 Å². The van der Waals surface area contributed by atoms with Crippen LogP contribution in [0.25, 0.3) is 0 Å². The Hall–Kier alpha value is -0.0200. The van der Waals surface area contributed by atoms with E-state index in [-0.39, 0.29) is 5.41 Å². The molecular formula is C15H15BrCl2S. The number of benzene rings is 1. The number of rotatable bonds is 6. The van der Waals surface area contributed by atoms with Gasteiger partial charge in [0.05, 0.1) is 0 Å². The van der Waals surface area contributed by atoms with E-state index in [9.17, 15) is 0 Å². The lowest BCUT2D eigenvalue weighted by Gasteiger charge is -2.30. The highest BCUT2D eigenvalue weighted by molar-refractivity contribution is 9.10. The van der Waals surface area contributed by atoms with Crippen molar-refractivity contribution < 1.29 is 0 Å². The highest BCUT2D eigenvalue weighted by atomic mass is 79.9. The number of hydrogen-bond acceptors (Lipinski definition) is 1. The Kier molecular flexibility index (Phi) is 5.76. The fourth-order valence-corrected chi connectivity index (χ4v) is 3.92. The van der Waals surface area contributed by atoms with Gasteiger partial charge < -0.3 is 0 Å². The molecule has 2 aromatic rings. The zero-order chi connectivity index (χ0) is 13.7. The predicted molar refractivity (Wildman–Crippen MR) is 89.9 cm³/mol. The molecule has 1 heterocycles. The van der Waals surface area contributed by atoms with E-state index in [1.54, 1.807) is 11.3 Å². The second kappa shape index (κ2) is 7.12. The largest absolute Gasteiger partial charge is 0.149 e. The lowest BCUT2D eigenvalue weighted by Crippen LogP contribution is -2.31. The van der Waals surface area contributed by atoms with Gasteiger partial charge in [0.1, 0.15) is 0 Å². The number of alkyl halides is 2. The van der Waals surface area contributed by atoms with Gasteiger partial charge in [-0.3, -0.25) is 0 Å². The summed E-state index contributed by atoms with van der Waals surface area (Å²) in [6, 6.07) is 12.6. The van der Waals surface area contributed by atoms with E-state index < -0.39 is 0 Å². The monoisotopic (exact) mass is 376 g/mol. The van der Waals surface area contributed by atoms with Crippen molar-refractivity contribution in [2.24, 2.45) is 0 Å². The highest BCUT2D eigenvalue weighted by Crippen LogP contribution is 2.34. The Morgan fingerprint density at radius 2 is 1.74 bits per heavy atom. The van der Waals surface area contributed by atoms with Crippen LogP contribution in [0.3, 0.4) is 0 Å². The van der Waals surface area contributed by atoms with Crippen molar-refractivity contribution in [1.29, 1.82) is 0 Å². The molecule has 0 unspecified atom stereocenters. The van der Waals surface area contributed by atoms with Gasteiger partial charge in [-0.2, -0.15) is 0 Å². The third-order valence-electron chi connectivity index (χ3n) is 3.40. The fourth-order valence-electron chi connectivity index (χ4n) is 2.09. The molecule has 0 aliphatic heterocycles. The van der Waals surface area contributed by atoms with Crippen molar-refractivity contribution in [3.05, 3.63) is 56.7 Å². The average Bonchev–Trinajstić information content (AvgIpc) is 2.95. The Bertz CT molecular complexity index is 489. The SMILES string of the molecule is ClCC(CCl)(CCc1cccs1)c1ccc(Br)cc1. The van der Waals surface area contributed by atoms with Crippen LogP contribution in [-0.4, -0.2) is 11.8 Å². The molecule has 0 aliphatic carbocycles. The van der Waals surface area contributed by atoms with Crippen LogP contribution in [-0.2, 0) is 11.8 Å². The van der Waals surface area contributed by atoms with E-state index >= 15 is 0 Å². The van der Waals surface area contributed by atoms with Gasteiger partial charge in [0.25, 0.3) is 0 Å². The summed E-state index contributed by atoms with van der Waals surface area (Å²) in [5.74, 6) is 1.09. The van der Waals surface area contributed by atoms with Crippen molar-refractivity contribution in [2.75, 3.05) is 11.8 Å². The molecule has 1 aromatic carbocycles. The number of aryl methyl sites for hydroxylation is 1. The first-order chi connectivity index (χ1) is 9.20. The Morgan fingerprint density at radius 1 is 1.05 bits per heavy atom. The summed E-state index contributed by atoms with van der Waals surface area (Å²) < 4.78 is 1.08. The summed E-state index contributed by atoms with van der Waals surface area (Å²) in [6.45, 7) is 0. The minimum absolute atomic E-state index is 0.145. The van der Waals surface area contributed by atoms with Crippen molar-refractivity contribution in [2.45, 2.75) is 18.3 Å². The normalized spacial score (nSPS) is 11.7. The van der Waals surface area contributed by atoms with Crippen LogP contribution < -0.4 is 0 Å². The molecule has 0 fully saturated rings. The maximum absolute atomic E-state index is 6.25. The summed E-state index contributed by atoms with van der Waals surface area (Å²) in [4.78, 5) is 1.39. The van der Waals surface area contributed by atoms with Gasteiger partial charge in [0.2, 0.25) is 0 Å². The maximum Gasteiger partial charge on any atom is 0.0332 e. The van der Waals surface area contributed by atoms with E-state index in [1.807, 2.05) is 12.1 Å². The quantitative estimate of drug-likeness (QED) is 0.553. The summed E-state index contributed by atoms with van der Waals surface area (Å²) >= 11 is 17.7. The average molecular weight is 378 g/mol. The molecule has 19 heavy (non-hydrogen) atoms. The number of thiophene rings is 1. The van der Waals surface area contributed by atoms with Gasteiger partial charge >= 0.3 is 0 Å². The highest BCUT2D eigenvalue weighted by Gasteiger charge is 2.30. The topological polar surface area (TPSA) is 0 Å². The van der Waals surface area contributed by atoms with Crippen LogP contribution in [0.1, 0.15) is 16.9 Å². The summed E-state index contributed by atoms with van der Waals surface area (Å²) in [6.07, 6.45) is 2.00. The third kappa shape index (κ3) is 3.75. The van der Waals surface area contributed by atoms with Crippen molar-refractivity contribution in [1.82, 2.24) is 0 Å². The number of hydrogen-bond donors (Lipinski definition) is 0. The van der Waals surface area contributed by atoms with Crippen LogP contribution in [0, 0.1) is 0 Å². The van der Waals surface area contributed by atoms with Gasteiger partial charge in [-0.25, -0.2) is 0 Å². The molecule has 0 spiro atoms. The first kappa shape index (κ1) is 15.4. The van der Waals surface area contributed by atoms with E-state index in [0.717, 1.165) is 17.3 Å². The van der Waals surface area contributed by atoms with Gasteiger partial charge in [-0.1, -0.05) is 34.1 Å². The van der Waals surface area contributed by atoms with E-state index in [0.29, 0.717) is 11.8 Å². The van der Waals surface area contributed by atoms with Crippen LogP contribution in [0.15, 0.2) is 46.3 Å². The molecule has 0 saturated heterocycles. The first-order valence-corrected chi connectivity index (χ1v) is 8.85. The van der Waals surface area contributed by atoms with E-state index in [2.05, 4.69) is 45.6 Å². The minimum Gasteiger partial charge on any atom is -0.149 e. The van der Waals surface area contributed by atoms with E-state index in [4.69, 9.17) is 23.2 Å². The Morgan fingerprint density at radius 3 is 2.26 bits per heavy atom. The second-order valence-electron chi connectivity index (χ2n) is 4.63. The van der Waals surface area contributed by atoms with Crippen molar-refractivity contribution >= 4 is 50.5 Å². The zero-order valence-electron chi connectivity index (χ0n) is 10.4. The molecule has 0 saturated carbocycles. The zero-order valence-corrected chi connectivity index (χ0v) is 14.3. The number of halogens is 3. The summed E-state index contributed by atoms with van der Waals surface area (Å²) in [5, 5.41) is 2.11. The molecular weight excluding hydrogens is 363 g/mol. The molecule has 0 amide bonds. The van der Waals surface area contributed by atoms with Crippen LogP contribution in [0.4, 0.5) is 0 Å². The minimum atomic E-state index is -0.145. The molecule has 0 radical (unpaired) electrons. The maximum atomic E-state index is 6.25. The standard InChI is InChI=1S/C15H15BrCl2S/c16-13-5-3-12(4-6-13)15(10-17,11-18)8-7-14-2-1-9-19-14/h1-6,9H,7-8,10-11H2. The van der Waals surface area contributed by atoms with Crippen LogP contribution in [0.5, 0.6) is 0 Å². The molecule has 0 N–H and O–H groups in total. The lowest BCUT2D eigenvalue weighted by molar-refractivity contribution is 0.494. The first-order valence-electron chi connectivity index (χ1n) is 6.10. The predicted octanol–water partition coefficient (Wildman–Crippen LogP) is 5.86.